The summed E-state index contributed by atoms with van der Waals surface area (Å²) < 4.78 is 14.8. The maximum atomic E-state index is 13.2. The Balaban J connectivity index is 0.00000141. The molecule has 1 unspecified atom stereocenters. The van der Waals surface area contributed by atoms with E-state index in [4.69, 9.17) is 5.26 Å². The van der Waals surface area contributed by atoms with E-state index in [9.17, 15) is 9.18 Å². The minimum atomic E-state index is -0.338. The van der Waals surface area contributed by atoms with Gasteiger partial charge in [0.05, 0.1) is 35.2 Å². The molecule has 0 aliphatic carbocycles. The molecule has 1 atom stereocenters. The lowest BCUT2D eigenvalue weighted by atomic mass is 10.0. The summed E-state index contributed by atoms with van der Waals surface area (Å²) in [5, 5.41) is 17.0. The topological polar surface area (TPSA) is 96.5 Å². The molecule has 8 heteroatoms. The molecule has 0 radical (unpaired) electrons. The number of aromatic nitrogens is 4. The number of amides is 1. The van der Waals surface area contributed by atoms with E-state index in [0.717, 1.165) is 5.56 Å². The molecular weight excluding hydrogens is 407 g/mol. The van der Waals surface area contributed by atoms with Gasteiger partial charge in [0.2, 0.25) is 0 Å². The fraction of sp³-hybridized carbons (Fsp3) is 0.208. The lowest BCUT2D eigenvalue weighted by molar-refractivity contribution is 0.0937. The zero-order valence-corrected chi connectivity index (χ0v) is 18.1. The highest BCUT2D eigenvalue weighted by atomic mass is 19.1. The molecule has 0 aliphatic rings. The molecule has 7 nitrogen and oxygen atoms in total. The van der Waals surface area contributed by atoms with Crippen LogP contribution >= 0.6 is 0 Å². The Morgan fingerprint density at radius 3 is 2.62 bits per heavy atom. The molecule has 3 aromatic heterocycles. The van der Waals surface area contributed by atoms with Crippen molar-refractivity contribution in [2.24, 2.45) is 0 Å². The third-order valence-electron chi connectivity index (χ3n) is 4.83. The zero-order chi connectivity index (χ0) is 23.1. The molecule has 0 fully saturated rings. The molecule has 1 N–H and O–H groups in total. The monoisotopic (exact) mass is 430 g/mol. The van der Waals surface area contributed by atoms with Gasteiger partial charge in [0.25, 0.3) is 5.91 Å². The van der Waals surface area contributed by atoms with Gasteiger partial charge in [-0.2, -0.15) is 10.4 Å². The summed E-state index contributed by atoms with van der Waals surface area (Å²) in [6.07, 6.45) is 6.89. The maximum Gasteiger partial charge on any atom is 0.254 e. The van der Waals surface area contributed by atoms with Crippen molar-refractivity contribution in [1.82, 2.24) is 25.1 Å². The molecule has 0 saturated carbocycles. The summed E-state index contributed by atoms with van der Waals surface area (Å²) in [4.78, 5) is 21.2. The van der Waals surface area contributed by atoms with Crippen molar-refractivity contribution in [1.29, 1.82) is 5.26 Å². The predicted molar refractivity (Wildman–Crippen MR) is 120 cm³/mol. The van der Waals surface area contributed by atoms with Gasteiger partial charge in [0, 0.05) is 17.8 Å². The van der Waals surface area contributed by atoms with Gasteiger partial charge in [-0.25, -0.2) is 14.1 Å². The van der Waals surface area contributed by atoms with Crippen LogP contribution in [0.25, 0.3) is 16.6 Å². The molecule has 0 spiro atoms. The van der Waals surface area contributed by atoms with Gasteiger partial charge in [0.1, 0.15) is 17.6 Å². The number of rotatable bonds is 5. The summed E-state index contributed by atoms with van der Waals surface area (Å²) >= 11 is 0. The lowest BCUT2D eigenvalue weighted by Gasteiger charge is -2.17. The van der Waals surface area contributed by atoms with Gasteiger partial charge in [-0.05, 0) is 48.4 Å². The molecule has 0 bridgehead atoms. The van der Waals surface area contributed by atoms with Gasteiger partial charge in [-0.3, -0.25) is 9.78 Å². The number of halogens is 1. The van der Waals surface area contributed by atoms with E-state index < -0.39 is 0 Å². The standard InChI is InChI=1S/C22H17FN6O.C2H6/c1-2-20(14-7-8-26-16(9-14)10-24)28-22(30)19-11-25-13-21-18(19)12-27-29(21)17-5-3-15(23)4-6-17;1-2/h3-9,11-13,20H,2H2,1H3,(H,28,30);1-2H3. The van der Waals surface area contributed by atoms with E-state index in [0.29, 0.717) is 34.3 Å². The Kier molecular flexibility index (Phi) is 7.24. The van der Waals surface area contributed by atoms with Crippen LogP contribution < -0.4 is 5.32 Å². The molecule has 1 aromatic carbocycles. The summed E-state index contributed by atoms with van der Waals surface area (Å²) in [5.74, 6) is -0.636. The Morgan fingerprint density at radius 2 is 1.94 bits per heavy atom. The molecule has 1 amide bonds. The quantitative estimate of drug-likeness (QED) is 0.494. The van der Waals surface area contributed by atoms with Crippen LogP contribution in [0.5, 0.6) is 0 Å². The first-order valence-electron chi connectivity index (χ1n) is 10.3. The number of hydrogen-bond acceptors (Lipinski definition) is 5. The summed E-state index contributed by atoms with van der Waals surface area (Å²) in [6.45, 7) is 5.95. The van der Waals surface area contributed by atoms with Crippen molar-refractivity contribution in [3.63, 3.8) is 0 Å². The third kappa shape index (κ3) is 4.62. The highest BCUT2D eigenvalue weighted by molar-refractivity contribution is 6.06. The normalized spacial score (nSPS) is 11.2. The first kappa shape index (κ1) is 22.6. The molecule has 162 valence electrons. The zero-order valence-electron chi connectivity index (χ0n) is 18.1. The average Bonchev–Trinajstić information content (AvgIpc) is 3.28. The van der Waals surface area contributed by atoms with Gasteiger partial charge in [-0.1, -0.05) is 20.8 Å². The van der Waals surface area contributed by atoms with Crippen LogP contribution in [0.4, 0.5) is 4.39 Å². The van der Waals surface area contributed by atoms with Crippen molar-refractivity contribution in [2.75, 3.05) is 0 Å². The fourth-order valence-corrected chi connectivity index (χ4v) is 3.29. The van der Waals surface area contributed by atoms with Crippen molar-refractivity contribution in [2.45, 2.75) is 33.2 Å². The number of nitrogens with one attached hydrogen (secondary N) is 1. The summed E-state index contributed by atoms with van der Waals surface area (Å²) in [5.41, 5.74) is 2.79. The number of fused-ring (bicyclic) bond motifs is 1. The molecular formula is C24H23FN6O. The largest absolute Gasteiger partial charge is 0.345 e. The van der Waals surface area contributed by atoms with Crippen molar-refractivity contribution in [3.05, 3.63) is 83.8 Å². The fourth-order valence-electron chi connectivity index (χ4n) is 3.29. The number of nitriles is 1. The molecule has 4 rings (SSSR count). The van der Waals surface area contributed by atoms with E-state index >= 15 is 0 Å². The second-order valence-corrected chi connectivity index (χ2v) is 6.67. The first-order chi connectivity index (χ1) is 15.6. The third-order valence-corrected chi connectivity index (χ3v) is 4.83. The average molecular weight is 430 g/mol. The van der Waals surface area contributed by atoms with E-state index in [-0.39, 0.29) is 17.8 Å². The number of benzene rings is 1. The Morgan fingerprint density at radius 1 is 1.19 bits per heavy atom. The van der Waals surface area contributed by atoms with E-state index in [1.54, 1.807) is 47.5 Å². The van der Waals surface area contributed by atoms with Crippen LogP contribution in [-0.4, -0.2) is 25.7 Å². The second kappa shape index (κ2) is 10.3. The van der Waals surface area contributed by atoms with E-state index in [2.05, 4.69) is 20.4 Å². The molecule has 0 saturated heterocycles. The number of carbonyl (C=O) groups excluding carboxylic acids is 1. The number of pyridine rings is 2. The van der Waals surface area contributed by atoms with Crippen LogP contribution in [0.15, 0.2) is 61.2 Å². The number of hydrogen-bond donors (Lipinski definition) is 1. The highest BCUT2D eigenvalue weighted by Crippen LogP contribution is 2.23. The van der Waals surface area contributed by atoms with Crippen LogP contribution in [0.2, 0.25) is 0 Å². The van der Waals surface area contributed by atoms with E-state index in [1.165, 1.54) is 18.3 Å². The van der Waals surface area contributed by atoms with Crippen LogP contribution in [0.3, 0.4) is 0 Å². The minimum absolute atomic E-state index is 0.282. The Bertz CT molecular complexity index is 1260. The van der Waals surface area contributed by atoms with Crippen molar-refractivity contribution < 1.29 is 9.18 Å². The molecule has 32 heavy (non-hydrogen) atoms. The Labute approximate surface area is 185 Å². The number of nitrogens with zero attached hydrogens (tertiary/aromatic N) is 5. The first-order valence-corrected chi connectivity index (χ1v) is 10.3. The number of carbonyl (C=O) groups is 1. The SMILES string of the molecule is CC.CCC(NC(=O)c1cncc2c1cnn2-c1ccc(F)cc1)c1ccnc(C#N)c1. The summed E-state index contributed by atoms with van der Waals surface area (Å²) in [6, 6.07) is 11.1. The van der Waals surface area contributed by atoms with Gasteiger partial charge < -0.3 is 5.32 Å². The summed E-state index contributed by atoms with van der Waals surface area (Å²) in [7, 11) is 0. The maximum absolute atomic E-state index is 13.2. The Hall–Kier alpha value is -4.12. The predicted octanol–water partition coefficient (Wildman–Crippen LogP) is 4.73. The van der Waals surface area contributed by atoms with Crippen LogP contribution in [0, 0.1) is 17.1 Å². The second-order valence-electron chi connectivity index (χ2n) is 6.67. The van der Waals surface area contributed by atoms with Crippen molar-refractivity contribution >= 4 is 16.8 Å². The van der Waals surface area contributed by atoms with Gasteiger partial charge in [-0.15, -0.1) is 0 Å². The molecule has 0 aliphatic heterocycles. The van der Waals surface area contributed by atoms with Crippen molar-refractivity contribution in [3.8, 4) is 11.8 Å². The minimum Gasteiger partial charge on any atom is -0.345 e. The highest BCUT2D eigenvalue weighted by Gasteiger charge is 2.19. The van der Waals surface area contributed by atoms with E-state index in [1.807, 2.05) is 26.8 Å². The van der Waals surface area contributed by atoms with Gasteiger partial charge >= 0.3 is 0 Å². The smallest absolute Gasteiger partial charge is 0.254 e. The molecule has 3 heterocycles. The molecule has 4 aromatic rings. The van der Waals surface area contributed by atoms with Gasteiger partial charge in [0.15, 0.2) is 0 Å². The van der Waals surface area contributed by atoms with Crippen LogP contribution in [0.1, 0.15) is 54.8 Å². The van der Waals surface area contributed by atoms with Crippen LogP contribution in [-0.2, 0) is 0 Å². The lowest BCUT2D eigenvalue weighted by Crippen LogP contribution is -2.28.